The van der Waals surface area contributed by atoms with E-state index in [-0.39, 0.29) is 16.7 Å². The molecule has 6 N–H and O–H groups in total. The molecule has 0 aromatic carbocycles. The molecule has 0 saturated heterocycles. The highest BCUT2D eigenvalue weighted by atomic mass is 32.2. The molecule has 0 radical (unpaired) electrons. The normalized spacial score (nSPS) is 10.7. The van der Waals surface area contributed by atoms with Crippen LogP contribution in [0.1, 0.15) is 16.3 Å². The number of thiophene rings is 1. The fourth-order valence-electron chi connectivity index (χ4n) is 1.65. The van der Waals surface area contributed by atoms with Crippen LogP contribution in [0.4, 0.5) is 0 Å². The zero-order chi connectivity index (χ0) is 14.9. The van der Waals surface area contributed by atoms with E-state index in [1.54, 1.807) is 0 Å². The smallest absolute Gasteiger partial charge is 0.259 e. The van der Waals surface area contributed by atoms with Crippen molar-refractivity contribution in [1.82, 2.24) is 9.97 Å². The van der Waals surface area contributed by atoms with Gasteiger partial charge in [-0.05, 0) is 19.4 Å². The molecule has 2 aromatic heterocycles. The van der Waals surface area contributed by atoms with Gasteiger partial charge >= 0.3 is 0 Å². The molecule has 0 unspecified atom stereocenters. The van der Waals surface area contributed by atoms with E-state index in [4.69, 9.17) is 16.9 Å². The van der Waals surface area contributed by atoms with Crippen molar-refractivity contribution in [2.75, 3.05) is 0 Å². The van der Waals surface area contributed by atoms with Crippen LogP contribution in [0.15, 0.2) is 9.79 Å². The van der Waals surface area contributed by atoms with Gasteiger partial charge in [-0.15, -0.1) is 11.3 Å². The summed E-state index contributed by atoms with van der Waals surface area (Å²) in [5.41, 5.74) is 11.2. The maximum absolute atomic E-state index is 12.0. The van der Waals surface area contributed by atoms with E-state index in [9.17, 15) is 4.79 Å². The maximum atomic E-state index is 12.0. The van der Waals surface area contributed by atoms with Crippen LogP contribution >= 0.6 is 23.1 Å². The topological polar surface area (TPSA) is 134 Å². The Morgan fingerprint density at radius 2 is 2.20 bits per heavy atom. The lowest BCUT2D eigenvalue weighted by molar-refractivity contribution is 1.05. The number of amidine groups is 1. The number of nitrogens with one attached hydrogen (secondary N) is 2. The van der Waals surface area contributed by atoms with Crippen molar-refractivity contribution in [2.45, 2.75) is 19.6 Å². The Balaban J connectivity index is 2.27. The Kier molecular flexibility index (Phi) is 4.09. The molecule has 2 aromatic rings. The number of H-pyrrole nitrogens is 1. The molecular formula is C11H14N6OS2. The number of hydrogen-bond acceptors (Lipinski definition) is 5. The van der Waals surface area contributed by atoms with Gasteiger partial charge in [0.25, 0.3) is 5.56 Å². The predicted octanol–water partition coefficient (Wildman–Crippen LogP) is 1.04. The zero-order valence-corrected chi connectivity index (χ0v) is 12.6. The highest BCUT2D eigenvalue weighted by Crippen LogP contribution is 2.26. The van der Waals surface area contributed by atoms with Crippen LogP contribution in [0.5, 0.6) is 0 Å². The first kappa shape index (κ1) is 14.5. The molecule has 0 fully saturated rings. The van der Waals surface area contributed by atoms with Gasteiger partial charge in [0.05, 0.1) is 11.1 Å². The van der Waals surface area contributed by atoms with Crippen molar-refractivity contribution in [3.8, 4) is 0 Å². The number of fused-ring (bicyclic) bond motifs is 1. The Morgan fingerprint density at radius 1 is 1.50 bits per heavy atom. The predicted molar refractivity (Wildman–Crippen MR) is 84.5 cm³/mol. The number of rotatable bonds is 2. The van der Waals surface area contributed by atoms with E-state index < -0.39 is 0 Å². The number of aromatic amines is 1. The highest BCUT2D eigenvalue weighted by Gasteiger charge is 2.12. The van der Waals surface area contributed by atoms with Gasteiger partial charge in [-0.1, -0.05) is 11.8 Å². The van der Waals surface area contributed by atoms with E-state index in [2.05, 4.69) is 15.0 Å². The molecule has 2 rings (SSSR count). The minimum atomic E-state index is -0.163. The van der Waals surface area contributed by atoms with Crippen LogP contribution < -0.4 is 17.0 Å². The minimum absolute atomic E-state index is 0.0220. The SMILES string of the molecule is Cc1sc2nc(CSC(=N)N=C(N)N)[nH]c(=O)c2c1C. The van der Waals surface area contributed by atoms with E-state index in [1.165, 1.54) is 11.3 Å². The van der Waals surface area contributed by atoms with Crippen molar-refractivity contribution in [3.63, 3.8) is 0 Å². The number of aliphatic imine (C=N–C) groups is 1. The largest absolute Gasteiger partial charge is 0.370 e. The van der Waals surface area contributed by atoms with Gasteiger partial charge in [-0.25, -0.2) is 4.98 Å². The molecule has 0 aliphatic heterocycles. The van der Waals surface area contributed by atoms with Gasteiger partial charge in [0.2, 0.25) is 0 Å². The quantitative estimate of drug-likeness (QED) is 0.485. The molecule has 0 aliphatic rings. The molecule has 0 spiro atoms. The van der Waals surface area contributed by atoms with Crippen LogP contribution in [0.3, 0.4) is 0 Å². The molecule has 0 atom stereocenters. The molecule has 7 nitrogen and oxygen atoms in total. The molecule has 106 valence electrons. The summed E-state index contributed by atoms with van der Waals surface area (Å²) >= 11 is 2.58. The molecule has 0 amide bonds. The van der Waals surface area contributed by atoms with Gasteiger partial charge < -0.3 is 16.5 Å². The second-order valence-electron chi connectivity index (χ2n) is 4.11. The Hall–Kier alpha value is -1.87. The first-order valence-corrected chi connectivity index (χ1v) is 7.48. The molecule has 20 heavy (non-hydrogen) atoms. The highest BCUT2D eigenvalue weighted by molar-refractivity contribution is 8.13. The zero-order valence-electron chi connectivity index (χ0n) is 11.0. The third kappa shape index (κ3) is 2.99. The lowest BCUT2D eigenvalue weighted by Crippen LogP contribution is -2.23. The second kappa shape index (κ2) is 5.63. The molecular weight excluding hydrogens is 296 g/mol. The Bertz CT molecular complexity index is 756. The van der Waals surface area contributed by atoms with Crippen LogP contribution in [0.25, 0.3) is 10.2 Å². The number of aromatic nitrogens is 2. The van der Waals surface area contributed by atoms with Crippen molar-refractivity contribution >= 4 is 44.4 Å². The molecule has 9 heteroatoms. The number of nitrogens with two attached hydrogens (primary N) is 2. The van der Waals surface area contributed by atoms with Crippen molar-refractivity contribution < 1.29 is 0 Å². The van der Waals surface area contributed by atoms with E-state index in [0.717, 1.165) is 22.2 Å². The summed E-state index contributed by atoms with van der Waals surface area (Å²) in [7, 11) is 0. The first-order chi connectivity index (χ1) is 9.38. The van der Waals surface area contributed by atoms with Gasteiger partial charge in [-0.2, -0.15) is 4.99 Å². The van der Waals surface area contributed by atoms with Gasteiger partial charge in [0.15, 0.2) is 11.1 Å². The summed E-state index contributed by atoms with van der Waals surface area (Å²) in [4.78, 5) is 24.6. The number of hydrogen-bond donors (Lipinski definition) is 4. The van der Waals surface area contributed by atoms with Crippen molar-refractivity contribution in [2.24, 2.45) is 16.5 Å². The number of aryl methyl sites for hydroxylation is 2. The fraction of sp³-hybridized carbons (Fsp3) is 0.273. The fourth-order valence-corrected chi connectivity index (χ4v) is 3.28. The lowest BCUT2D eigenvalue weighted by Gasteiger charge is -2.00. The van der Waals surface area contributed by atoms with Crippen LogP contribution in [-0.2, 0) is 5.75 Å². The standard InChI is InChI=1S/C11H14N6OS2/c1-4-5(2)20-9-7(4)8(18)15-6(16-9)3-19-11(14)17-10(12)13/h3H2,1-2H3,(H,15,16,18)(H5,12,13,14,17). The second-order valence-corrected chi connectivity index (χ2v) is 6.27. The van der Waals surface area contributed by atoms with Crippen LogP contribution in [-0.4, -0.2) is 21.1 Å². The van der Waals surface area contributed by atoms with Crippen molar-refractivity contribution in [1.29, 1.82) is 5.41 Å². The molecule has 0 bridgehead atoms. The minimum Gasteiger partial charge on any atom is -0.370 e. The summed E-state index contributed by atoms with van der Waals surface area (Å²) in [5.74, 6) is 0.671. The molecule has 2 heterocycles. The monoisotopic (exact) mass is 310 g/mol. The first-order valence-electron chi connectivity index (χ1n) is 5.68. The average molecular weight is 310 g/mol. The summed E-state index contributed by atoms with van der Waals surface area (Å²) in [6.07, 6.45) is 0. The Labute approximate surface area is 123 Å². The summed E-state index contributed by atoms with van der Waals surface area (Å²) < 4.78 is 0. The third-order valence-electron chi connectivity index (χ3n) is 2.66. The van der Waals surface area contributed by atoms with E-state index >= 15 is 0 Å². The van der Waals surface area contributed by atoms with E-state index in [1.807, 2.05) is 13.8 Å². The maximum Gasteiger partial charge on any atom is 0.259 e. The van der Waals surface area contributed by atoms with Gasteiger partial charge in [0, 0.05) is 4.88 Å². The summed E-state index contributed by atoms with van der Waals surface area (Å²) in [5, 5.41) is 8.14. The molecule has 0 aliphatic carbocycles. The number of thioether (sulfide) groups is 1. The lowest BCUT2D eigenvalue weighted by atomic mass is 10.2. The van der Waals surface area contributed by atoms with Crippen LogP contribution in [0, 0.1) is 19.3 Å². The van der Waals surface area contributed by atoms with Gasteiger partial charge in [-0.3, -0.25) is 10.2 Å². The number of guanidine groups is 1. The average Bonchev–Trinajstić information content (AvgIpc) is 2.62. The summed E-state index contributed by atoms with van der Waals surface area (Å²) in [6, 6.07) is 0. The van der Waals surface area contributed by atoms with E-state index in [0.29, 0.717) is 21.8 Å². The van der Waals surface area contributed by atoms with Crippen molar-refractivity contribution in [3.05, 3.63) is 26.6 Å². The van der Waals surface area contributed by atoms with Gasteiger partial charge in [0.1, 0.15) is 10.7 Å². The Morgan fingerprint density at radius 3 is 2.85 bits per heavy atom. The number of nitrogens with zero attached hydrogens (tertiary/aromatic N) is 2. The third-order valence-corrected chi connectivity index (χ3v) is 4.55. The summed E-state index contributed by atoms with van der Waals surface area (Å²) in [6.45, 7) is 3.87. The molecule has 0 saturated carbocycles. The van der Waals surface area contributed by atoms with Crippen LogP contribution in [0.2, 0.25) is 0 Å².